The first-order valence-corrected chi connectivity index (χ1v) is 8.49. The van der Waals surface area contributed by atoms with Gasteiger partial charge in [0.1, 0.15) is 0 Å². The molecule has 1 atom stereocenters. The summed E-state index contributed by atoms with van der Waals surface area (Å²) in [5.74, 6) is 1.61. The quantitative estimate of drug-likeness (QED) is 0.740. The fourth-order valence-corrected chi connectivity index (χ4v) is 3.95. The molecule has 112 valence electrons. The third-order valence-corrected chi connectivity index (χ3v) is 5.25. The number of hydrogen-bond acceptors (Lipinski definition) is 2. The van der Waals surface area contributed by atoms with Crippen molar-refractivity contribution in [2.75, 3.05) is 32.7 Å². The van der Waals surface area contributed by atoms with Crippen molar-refractivity contribution in [2.45, 2.75) is 44.9 Å². The molecule has 1 unspecified atom stereocenters. The van der Waals surface area contributed by atoms with Gasteiger partial charge in [0, 0.05) is 25.6 Å². The summed E-state index contributed by atoms with van der Waals surface area (Å²) >= 11 is 0. The van der Waals surface area contributed by atoms with Crippen molar-refractivity contribution in [3.63, 3.8) is 0 Å². The van der Waals surface area contributed by atoms with Crippen LogP contribution < -0.4 is 0 Å². The Balaban J connectivity index is 1.42. The van der Waals surface area contributed by atoms with Gasteiger partial charge in [0.25, 0.3) is 0 Å². The number of likely N-dealkylation sites (tertiary alicyclic amines) is 2. The molecule has 2 heterocycles. The zero-order valence-corrected chi connectivity index (χ0v) is 12.6. The molecule has 3 aliphatic rings. The highest BCUT2D eigenvalue weighted by atomic mass is 16.2. The second-order valence-electron chi connectivity index (χ2n) is 6.76. The van der Waals surface area contributed by atoms with Crippen LogP contribution in [0.2, 0.25) is 0 Å². The van der Waals surface area contributed by atoms with E-state index in [-0.39, 0.29) is 0 Å². The molecule has 0 radical (unpaired) electrons. The lowest BCUT2D eigenvalue weighted by molar-refractivity contribution is -0.136. The molecular weight excluding hydrogens is 248 g/mol. The van der Waals surface area contributed by atoms with Crippen molar-refractivity contribution in [2.24, 2.45) is 11.8 Å². The standard InChI is InChI=1S/C17H28N2O/c20-17(19-10-4-5-11-19)16-8-12-18(13-9-16)14-15-6-2-1-3-7-15/h1-2,15-16H,3-14H2. The largest absolute Gasteiger partial charge is 0.342 e. The first kappa shape index (κ1) is 14.1. The Morgan fingerprint density at radius 3 is 2.40 bits per heavy atom. The highest BCUT2D eigenvalue weighted by molar-refractivity contribution is 5.79. The molecule has 0 saturated carbocycles. The number of amides is 1. The van der Waals surface area contributed by atoms with Gasteiger partial charge in [-0.1, -0.05) is 12.2 Å². The molecule has 0 aromatic heterocycles. The van der Waals surface area contributed by atoms with Crippen LogP contribution in [0.4, 0.5) is 0 Å². The molecule has 0 aromatic rings. The predicted molar refractivity (Wildman–Crippen MR) is 81.5 cm³/mol. The first-order valence-electron chi connectivity index (χ1n) is 8.49. The van der Waals surface area contributed by atoms with Gasteiger partial charge >= 0.3 is 0 Å². The molecule has 0 aromatic carbocycles. The first-order chi connectivity index (χ1) is 9.83. The van der Waals surface area contributed by atoms with Crippen molar-refractivity contribution in [3.05, 3.63) is 12.2 Å². The highest BCUT2D eigenvalue weighted by Crippen LogP contribution is 2.25. The summed E-state index contributed by atoms with van der Waals surface area (Å²) in [6, 6.07) is 0. The van der Waals surface area contributed by atoms with Gasteiger partial charge in [-0.2, -0.15) is 0 Å². The third-order valence-electron chi connectivity index (χ3n) is 5.25. The summed E-state index contributed by atoms with van der Waals surface area (Å²) in [7, 11) is 0. The summed E-state index contributed by atoms with van der Waals surface area (Å²) in [6.07, 6.45) is 13.1. The molecule has 2 aliphatic heterocycles. The minimum absolute atomic E-state index is 0.315. The van der Waals surface area contributed by atoms with Crippen LogP contribution in [-0.4, -0.2) is 48.4 Å². The number of allylic oxidation sites excluding steroid dienone is 2. The maximum atomic E-state index is 12.4. The molecule has 0 N–H and O–H groups in total. The number of rotatable bonds is 3. The van der Waals surface area contributed by atoms with Crippen LogP contribution in [0.25, 0.3) is 0 Å². The van der Waals surface area contributed by atoms with Crippen molar-refractivity contribution in [3.8, 4) is 0 Å². The third kappa shape index (κ3) is 3.43. The van der Waals surface area contributed by atoms with Gasteiger partial charge in [-0.05, 0) is 64.0 Å². The lowest BCUT2D eigenvalue weighted by Gasteiger charge is -2.35. The molecule has 2 fully saturated rings. The van der Waals surface area contributed by atoms with Crippen LogP contribution in [0.5, 0.6) is 0 Å². The molecule has 2 saturated heterocycles. The van der Waals surface area contributed by atoms with Crippen LogP contribution in [0.3, 0.4) is 0 Å². The van der Waals surface area contributed by atoms with E-state index in [1.165, 1.54) is 38.6 Å². The number of hydrogen-bond donors (Lipinski definition) is 0. The van der Waals surface area contributed by atoms with E-state index >= 15 is 0 Å². The summed E-state index contributed by atoms with van der Waals surface area (Å²) in [4.78, 5) is 17.1. The minimum Gasteiger partial charge on any atom is -0.342 e. The van der Waals surface area contributed by atoms with Gasteiger partial charge in [-0.25, -0.2) is 0 Å². The fraction of sp³-hybridized carbons (Fsp3) is 0.824. The molecular formula is C17H28N2O. The molecule has 3 heteroatoms. The van der Waals surface area contributed by atoms with Crippen LogP contribution in [0.1, 0.15) is 44.9 Å². The van der Waals surface area contributed by atoms with Gasteiger partial charge < -0.3 is 9.80 Å². The summed E-state index contributed by atoms with van der Waals surface area (Å²) in [5, 5.41) is 0. The SMILES string of the molecule is O=C(C1CCN(CC2CC=CCC2)CC1)N1CCCC1. The maximum Gasteiger partial charge on any atom is 0.225 e. The number of piperidine rings is 1. The van der Waals surface area contributed by atoms with Crippen LogP contribution in [0, 0.1) is 11.8 Å². The van der Waals surface area contributed by atoms with Crippen molar-refractivity contribution >= 4 is 5.91 Å². The van der Waals surface area contributed by atoms with Crippen molar-refractivity contribution < 1.29 is 4.79 Å². The summed E-state index contributed by atoms with van der Waals surface area (Å²) in [5.41, 5.74) is 0. The molecule has 1 aliphatic carbocycles. The fourth-order valence-electron chi connectivity index (χ4n) is 3.95. The zero-order chi connectivity index (χ0) is 13.8. The number of nitrogens with zero attached hydrogens (tertiary/aromatic N) is 2. The normalized spacial score (nSPS) is 29.0. The van der Waals surface area contributed by atoms with Crippen LogP contribution in [0.15, 0.2) is 12.2 Å². The van der Waals surface area contributed by atoms with E-state index in [9.17, 15) is 4.79 Å². The van der Waals surface area contributed by atoms with E-state index in [4.69, 9.17) is 0 Å². The van der Waals surface area contributed by atoms with Crippen molar-refractivity contribution in [1.82, 2.24) is 9.80 Å². The van der Waals surface area contributed by atoms with Crippen LogP contribution >= 0.6 is 0 Å². The molecule has 20 heavy (non-hydrogen) atoms. The molecule has 0 spiro atoms. The van der Waals surface area contributed by atoms with Gasteiger partial charge in [-0.3, -0.25) is 4.79 Å². The van der Waals surface area contributed by atoms with Gasteiger partial charge in [0.05, 0.1) is 0 Å². The Labute approximate surface area is 123 Å². The second-order valence-corrected chi connectivity index (χ2v) is 6.76. The number of carbonyl (C=O) groups is 1. The maximum absolute atomic E-state index is 12.4. The minimum atomic E-state index is 0.315. The Bertz CT molecular complexity index is 352. The molecule has 3 nitrogen and oxygen atoms in total. The summed E-state index contributed by atoms with van der Waals surface area (Å²) < 4.78 is 0. The smallest absolute Gasteiger partial charge is 0.225 e. The summed E-state index contributed by atoms with van der Waals surface area (Å²) in [6.45, 7) is 5.52. The monoisotopic (exact) mass is 276 g/mol. The van der Waals surface area contributed by atoms with Gasteiger partial charge in [0.15, 0.2) is 0 Å². The van der Waals surface area contributed by atoms with Gasteiger partial charge in [-0.15, -0.1) is 0 Å². The van der Waals surface area contributed by atoms with E-state index in [0.29, 0.717) is 11.8 Å². The lowest BCUT2D eigenvalue weighted by Crippen LogP contribution is -2.43. The lowest BCUT2D eigenvalue weighted by atomic mass is 9.91. The highest BCUT2D eigenvalue weighted by Gasteiger charge is 2.30. The van der Waals surface area contributed by atoms with E-state index in [1.807, 2.05) is 0 Å². The van der Waals surface area contributed by atoms with Gasteiger partial charge in [0.2, 0.25) is 5.91 Å². The Kier molecular flexibility index (Phi) is 4.77. The van der Waals surface area contributed by atoms with Crippen LogP contribution in [-0.2, 0) is 4.79 Å². The predicted octanol–water partition coefficient (Wildman–Crippen LogP) is 2.68. The van der Waals surface area contributed by atoms with Crippen molar-refractivity contribution in [1.29, 1.82) is 0 Å². The second kappa shape index (κ2) is 6.75. The Morgan fingerprint density at radius 1 is 1.00 bits per heavy atom. The van der Waals surface area contributed by atoms with E-state index in [1.54, 1.807) is 0 Å². The Hall–Kier alpha value is -0.830. The number of carbonyl (C=O) groups excluding carboxylic acids is 1. The van der Waals surface area contributed by atoms with E-state index in [2.05, 4.69) is 22.0 Å². The molecule has 3 rings (SSSR count). The van der Waals surface area contributed by atoms with E-state index < -0.39 is 0 Å². The zero-order valence-electron chi connectivity index (χ0n) is 12.6. The average Bonchev–Trinajstić information content (AvgIpc) is 3.03. The Morgan fingerprint density at radius 2 is 1.75 bits per heavy atom. The van der Waals surface area contributed by atoms with E-state index in [0.717, 1.165) is 44.9 Å². The topological polar surface area (TPSA) is 23.6 Å². The molecule has 0 bridgehead atoms. The molecule has 1 amide bonds. The average molecular weight is 276 g/mol.